The zero-order chi connectivity index (χ0) is 19.1. The number of aromatic nitrogens is 1. The topological polar surface area (TPSA) is 116 Å². The van der Waals surface area contributed by atoms with Crippen molar-refractivity contribution in [2.75, 3.05) is 11.9 Å². The second-order valence-corrected chi connectivity index (χ2v) is 8.60. The van der Waals surface area contributed by atoms with E-state index >= 15 is 0 Å². The van der Waals surface area contributed by atoms with Gasteiger partial charge in [0.25, 0.3) is 0 Å². The average Bonchev–Trinajstić information content (AvgIpc) is 2.99. The third-order valence-corrected chi connectivity index (χ3v) is 7.01. The fraction of sp³-hybridized carbons (Fsp3) is 0.789. The number of nitrogens with one attached hydrogen (secondary N) is 1. The summed E-state index contributed by atoms with van der Waals surface area (Å²) in [5.74, 6) is 0.608. The minimum Gasteiger partial charge on any atom is -0.396 e. The molecule has 7 heteroatoms. The van der Waals surface area contributed by atoms with Gasteiger partial charge in [0.15, 0.2) is 5.82 Å². The molecular formula is C19H30N2O5. The third kappa shape index (κ3) is 3.17. The highest BCUT2D eigenvalue weighted by Crippen LogP contribution is 2.60. The van der Waals surface area contributed by atoms with Crippen LogP contribution in [0.3, 0.4) is 0 Å². The van der Waals surface area contributed by atoms with Crippen LogP contribution in [0.25, 0.3) is 0 Å². The highest BCUT2D eigenvalue weighted by atomic mass is 16.5. The lowest BCUT2D eigenvalue weighted by molar-refractivity contribution is -0.185. The Morgan fingerprint density at radius 3 is 2.69 bits per heavy atom. The summed E-state index contributed by atoms with van der Waals surface area (Å²) in [5, 5.41) is 37.6. The summed E-state index contributed by atoms with van der Waals surface area (Å²) in [4.78, 5) is 12.5. The van der Waals surface area contributed by atoms with Crippen molar-refractivity contribution in [1.29, 1.82) is 0 Å². The highest BCUT2D eigenvalue weighted by molar-refractivity contribution is 5.90. The molecule has 3 rings (SSSR count). The average molecular weight is 366 g/mol. The first kappa shape index (κ1) is 19.3. The van der Waals surface area contributed by atoms with Crippen LogP contribution in [0.4, 0.5) is 5.82 Å². The summed E-state index contributed by atoms with van der Waals surface area (Å²) < 4.78 is 4.97. The number of nitrogens with zero attached hydrogens (tertiary/aromatic N) is 1. The molecule has 0 spiro atoms. The largest absolute Gasteiger partial charge is 0.396 e. The molecule has 2 saturated carbocycles. The van der Waals surface area contributed by atoms with Crippen molar-refractivity contribution in [3.63, 3.8) is 0 Å². The Bertz CT molecular complexity index is 662. The van der Waals surface area contributed by atoms with E-state index in [9.17, 15) is 20.1 Å². The molecule has 0 saturated heterocycles. The molecule has 1 aromatic rings. The van der Waals surface area contributed by atoms with Gasteiger partial charge in [0.1, 0.15) is 5.76 Å². The van der Waals surface area contributed by atoms with Crippen LogP contribution < -0.4 is 5.32 Å². The van der Waals surface area contributed by atoms with E-state index in [1.54, 1.807) is 13.0 Å². The molecule has 1 heterocycles. The van der Waals surface area contributed by atoms with Crippen LogP contribution in [0, 0.1) is 29.6 Å². The van der Waals surface area contributed by atoms with Crippen LogP contribution in [-0.4, -0.2) is 45.2 Å². The van der Waals surface area contributed by atoms with Gasteiger partial charge in [-0.25, -0.2) is 0 Å². The predicted molar refractivity (Wildman–Crippen MR) is 95.2 cm³/mol. The molecule has 6 unspecified atom stereocenters. The summed E-state index contributed by atoms with van der Waals surface area (Å²) in [7, 11) is 0. The van der Waals surface area contributed by atoms with Crippen LogP contribution in [-0.2, 0) is 4.79 Å². The van der Waals surface area contributed by atoms with Crippen molar-refractivity contribution in [3.8, 4) is 0 Å². The monoisotopic (exact) mass is 366 g/mol. The molecule has 2 aliphatic rings. The van der Waals surface area contributed by atoms with Crippen molar-refractivity contribution in [3.05, 3.63) is 11.8 Å². The van der Waals surface area contributed by atoms with Crippen LogP contribution >= 0.6 is 0 Å². The van der Waals surface area contributed by atoms with Crippen LogP contribution in [0.1, 0.15) is 51.7 Å². The number of aliphatic hydroxyl groups is 3. The number of anilines is 1. The Morgan fingerprint density at radius 1 is 1.35 bits per heavy atom. The van der Waals surface area contributed by atoms with Crippen LogP contribution in [0.2, 0.25) is 0 Å². The maximum Gasteiger partial charge on any atom is 0.226 e. The Morgan fingerprint density at radius 2 is 2.08 bits per heavy atom. The number of amides is 1. The first-order chi connectivity index (χ1) is 12.2. The zero-order valence-electron chi connectivity index (χ0n) is 15.7. The Kier molecular flexibility index (Phi) is 5.16. The Hall–Kier alpha value is -1.44. The van der Waals surface area contributed by atoms with Crippen LogP contribution in [0.5, 0.6) is 0 Å². The van der Waals surface area contributed by atoms with E-state index < -0.39 is 17.6 Å². The minimum absolute atomic E-state index is 0.0549. The smallest absolute Gasteiger partial charge is 0.226 e. The van der Waals surface area contributed by atoms with Crippen LogP contribution in [0.15, 0.2) is 10.6 Å². The second kappa shape index (κ2) is 6.94. The Labute approximate surface area is 153 Å². The van der Waals surface area contributed by atoms with E-state index in [1.807, 2.05) is 6.92 Å². The lowest BCUT2D eigenvalue weighted by Gasteiger charge is -2.60. The number of rotatable bonds is 4. The van der Waals surface area contributed by atoms with Crippen molar-refractivity contribution < 1.29 is 24.6 Å². The van der Waals surface area contributed by atoms with Gasteiger partial charge in [0.2, 0.25) is 5.91 Å². The van der Waals surface area contributed by atoms with E-state index in [0.29, 0.717) is 24.4 Å². The number of aryl methyl sites for hydroxylation is 1. The van der Waals surface area contributed by atoms with E-state index in [1.165, 1.54) is 0 Å². The molecular weight excluding hydrogens is 336 g/mol. The van der Waals surface area contributed by atoms with E-state index in [4.69, 9.17) is 4.52 Å². The number of hydrogen-bond donors (Lipinski definition) is 4. The third-order valence-electron chi connectivity index (χ3n) is 7.01. The normalized spacial score (nSPS) is 40.1. The number of aliphatic hydroxyl groups excluding tert-OH is 3. The SMILES string of the molecule is Cc1cc(NC(=O)CC2C(O)CCC3C(C)(CO)C(O)CCC23C)no1. The summed E-state index contributed by atoms with van der Waals surface area (Å²) >= 11 is 0. The molecule has 0 radical (unpaired) electrons. The molecule has 2 fully saturated rings. The summed E-state index contributed by atoms with van der Waals surface area (Å²) in [6.45, 7) is 5.68. The minimum atomic E-state index is -0.606. The molecule has 26 heavy (non-hydrogen) atoms. The quantitative estimate of drug-likeness (QED) is 0.646. The molecule has 0 aliphatic heterocycles. The first-order valence-electron chi connectivity index (χ1n) is 9.41. The highest BCUT2D eigenvalue weighted by Gasteiger charge is 2.59. The molecule has 2 aliphatic carbocycles. The summed E-state index contributed by atoms with van der Waals surface area (Å²) in [6, 6.07) is 1.65. The van der Waals surface area contributed by atoms with Gasteiger partial charge in [0.05, 0.1) is 18.8 Å². The van der Waals surface area contributed by atoms with Crippen molar-refractivity contribution in [1.82, 2.24) is 5.16 Å². The predicted octanol–water partition coefficient (Wildman–Crippen LogP) is 1.86. The van der Waals surface area contributed by atoms with Gasteiger partial charge in [-0.2, -0.15) is 0 Å². The zero-order valence-corrected chi connectivity index (χ0v) is 15.7. The number of carbonyl (C=O) groups excluding carboxylic acids is 1. The summed E-state index contributed by atoms with van der Waals surface area (Å²) in [6.07, 6.45) is 1.66. The fourth-order valence-corrected chi connectivity index (χ4v) is 5.42. The van der Waals surface area contributed by atoms with Crippen molar-refractivity contribution in [2.45, 2.75) is 65.1 Å². The van der Waals surface area contributed by atoms with E-state index in [2.05, 4.69) is 17.4 Å². The second-order valence-electron chi connectivity index (χ2n) is 8.60. The van der Waals surface area contributed by atoms with Crippen molar-refractivity contribution >= 4 is 11.7 Å². The first-order valence-corrected chi connectivity index (χ1v) is 9.41. The summed E-state index contributed by atoms with van der Waals surface area (Å²) in [5.41, 5.74) is -0.920. The number of fused-ring (bicyclic) bond motifs is 1. The van der Waals surface area contributed by atoms with Crippen molar-refractivity contribution in [2.24, 2.45) is 22.7 Å². The molecule has 0 bridgehead atoms. The van der Waals surface area contributed by atoms with Gasteiger partial charge in [-0.15, -0.1) is 0 Å². The van der Waals surface area contributed by atoms with E-state index in [0.717, 1.165) is 12.8 Å². The molecule has 1 aromatic heterocycles. The van der Waals surface area contributed by atoms with Gasteiger partial charge in [-0.3, -0.25) is 4.79 Å². The van der Waals surface area contributed by atoms with Gasteiger partial charge in [-0.05, 0) is 49.9 Å². The molecule has 6 atom stereocenters. The molecule has 4 N–H and O–H groups in total. The number of carbonyl (C=O) groups is 1. The van der Waals surface area contributed by atoms with Gasteiger partial charge in [-0.1, -0.05) is 19.0 Å². The van der Waals surface area contributed by atoms with Gasteiger partial charge in [0, 0.05) is 17.9 Å². The van der Waals surface area contributed by atoms with Gasteiger partial charge < -0.3 is 25.2 Å². The molecule has 7 nitrogen and oxygen atoms in total. The van der Waals surface area contributed by atoms with E-state index in [-0.39, 0.29) is 36.2 Å². The molecule has 0 aromatic carbocycles. The maximum atomic E-state index is 12.5. The molecule has 1 amide bonds. The standard InChI is InChI=1S/C19H30N2O5/c1-11-8-16(21-26-11)20-17(25)9-12-13(23)4-5-14-18(12,2)7-6-15(24)19(14,3)10-22/h8,12-15,22-24H,4-7,9-10H2,1-3H3,(H,20,21,25). The van der Waals surface area contributed by atoms with Gasteiger partial charge >= 0.3 is 0 Å². The lowest BCUT2D eigenvalue weighted by atomic mass is 9.46. The molecule has 146 valence electrons. The maximum absolute atomic E-state index is 12.5. The Balaban J connectivity index is 1.80. The fourth-order valence-electron chi connectivity index (χ4n) is 5.42. The number of hydrogen-bond acceptors (Lipinski definition) is 6. The lowest BCUT2D eigenvalue weighted by Crippen LogP contribution is -2.60.